The minimum Gasteiger partial charge on any atom is -0.308 e. The van der Waals surface area contributed by atoms with Gasteiger partial charge in [-0.25, -0.2) is 0 Å². The van der Waals surface area contributed by atoms with Crippen molar-refractivity contribution in [2.45, 2.75) is 64.1 Å². The molecule has 1 aromatic heterocycles. The van der Waals surface area contributed by atoms with E-state index in [0.29, 0.717) is 5.54 Å². The molecule has 0 spiro atoms. The molecule has 1 atom stereocenters. The van der Waals surface area contributed by atoms with E-state index in [0.717, 1.165) is 25.6 Å². The fourth-order valence-electron chi connectivity index (χ4n) is 4.01. The number of piperazine rings is 1. The molecule has 1 aliphatic heterocycles. The highest BCUT2D eigenvalue weighted by Crippen LogP contribution is 2.43. The average Bonchev–Trinajstić information content (AvgIpc) is 3.25. The topological polar surface area (TPSA) is 33.1 Å². The SMILES string of the molecule is CCC1(CC)CNC(C)(C2CC2)CN1Cc1ccn(C)n1. The van der Waals surface area contributed by atoms with Crippen molar-refractivity contribution in [3.8, 4) is 0 Å². The van der Waals surface area contributed by atoms with Crippen molar-refractivity contribution in [3.05, 3.63) is 18.0 Å². The molecular weight excluding hydrogens is 260 g/mol. The zero-order valence-corrected chi connectivity index (χ0v) is 14.0. The van der Waals surface area contributed by atoms with E-state index >= 15 is 0 Å². The molecule has 4 nitrogen and oxygen atoms in total. The quantitative estimate of drug-likeness (QED) is 0.905. The maximum Gasteiger partial charge on any atom is 0.0764 e. The first-order chi connectivity index (χ1) is 10.0. The normalized spacial score (nSPS) is 29.7. The molecule has 4 heteroatoms. The Hall–Kier alpha value is -0.870. The first-order valence-corrected chi connectivity index (χ1v) is 8.50. The third-order valence-corrected chi connectivity index (χ3v) is 5.93. The van der Waals surface area contributed by atoms with E-state index in [1.807, 2.05) is 11.7 Å². The number of aromatic nitrogens is 2. The van der Waals surface area contributed by atoms with E-state index in [-0.39, 0.29) is 5.54 Å². The molecule has 2 heterocycles. The van der Waals surface area contributed by atoms with E-state index < -0.39 is 0 Å². The highest BCUT2D eigenvalue weighted by molar-refractivity contribution is 5.10. The van der Waals surface area contributed by atoms with Gasteiger partial charge in [-0.1, -0.05) is 13.8 Å². The molecule has 1 aromatic rings. The van der Waals surface area contributed by atoms with Crippen LogP contribution < -0.4 is 5.32 Å². The Kier molecular flexibility index (Phi) is 3.87. The summed E-state index contributed by atoms with van der Waals surface area (Å²) >= 11 is 0. The monoisotopic (exact) mass is 290 g/mol. The van der Waals surface area contributed by atoms with Crippen molar-refractivity contribution in [1.29, 1.82) is 0 Å². The van der Waals surface area contributed by atoms with E-state index in [2.05, 4.69) is 48.3 Å². The summed E-state index contributed by atoms with van der Waals surface area (Å²) in [5, 5.41) is 8.51. The second-order valence-electron chi connectivity index (χ2n) is 7.31. The van der Waals surface area contributed by atoms with Gasteiger partial charge in [0.15, 0.2) is 0 Å². The van der Waals surface area contributed by atoms with Gasteiger partial charge in [-0.3, -0.25) is 9.58 Å². The van der Waals surface area contributed by atoms with Gasteiger partial charge in [0.2, 0.25) is 0 Å². The zero-order chi connectivity index (χ0) is 15.1. The largest absolute Gasteiger partial charge is 0.308 e. The molecule has 0 radical (unpaired) electrons. The molecule has 0 bridgehead atoms. The predicted octanol–water partition coefficient (Wildman–Crippen LogP) is 2.55. The fourth-order valence-corrected chi connectivity index (χ4v) is 4.01. The summed E-state index contributed by atoms with van der Waals surface area (Å²) < 4.78 is 1.91. The van der Waals surface area contributed by atoms with Crippen molar-refractivity contribution in [2.24, 2.45) is 13.0 Å². The van der Waals surface area contributed by atoms with Crippen molar-refractivity contribution < 1.29 is 0 Å². The number of nitrogens with zero attached hydrogens (tertiary/aromatic N) is 3. The van der Waals surface area contributed by atoms with E-state index in [1.54, 1.807) is 0 Å². The van der Waals surface area contributed by atoms with Crippen LogP contribution >= 0.6 is 0 Å². The maximum atomic E-state index is 4.60. The average molecular weight is 290 g/mol. The lowest BCUT2D eigenvalue weighted by Crippen LogP contribution is -2.69. The lowest BCUT2D eigenvalue weighted by molar-refractivity contribution is -0.0106. The van der Waals surface area contributed by atoms with E-state index in [1.165, 1.54) is 31.4 Å². The number of aryl methyl sites for hydroxylation is 1. The highest BCUT2D eigenvalue weighted by atomic mass is 15.3. The fraction of sp³-hybridized carbons (Fsp3) is 0.824. The van der Waals surface area contributed by atoms with Crippen molar-refractivity contribution in [3.63, 3.8) is 0 Å². The van der Waals surface area contributed by atoms with Gasteiger partial charge in [0, 0.05) is 44.0 Å². The Balaban J connectivity index is 1.82. The number of hydrogen-bond acceptors (Lipinski definition) is 3. The van der Waals surface area contributed by atoms with Crippen LogP contribution in [-0.4, -0.2) is 38.8 Å². The van der Waals surface area contributed by atoms with Crippen LogP contribution in [-0.2, 0) is 13.6 Å². The standard InChI is InChI=1S/C17H30N4/c1-5-17(6-2)12-18-16(3,14-7-8-14)13-21(17)11-15-9-10-20(4)19-15/h9-10,14,18H,5-8,11-13H2,1-4H3. The summed E-state index contributed by atoms with van der Waals surface area (Å²) in [4.78, 5) is 2.71. The van der Waals surface area contributed by atoms with Crippen LogP contribution in [0.2, 0.25) is 0 Å². The summed E-state index contributed by atoms with van der Waals surface area (Å²) in [5.41, 5.74) is 1.78. The third-order valence-electron chi connectivity index (χ3n) is 5.93. The van der Waals surface area contributed by atoms with Crippen LogP contribution in [0.5, 0.6) is 0 Å². The Morgan fingerprint density at radius 1 is 1.33 bits per heavy atom. The summed E-state index contributed by atoms with van der Waals surface area (Å²) in [6, 6.07) is 2.16. The van der Waals surface area contributed by atoms with Crippen LogP contribution in [0, 0.1) is 5.92 Å². The molecule has 1 unspecified atom stereocenters. The smallest absolute Gasteiger partial charge is 0.0764 e. The van der Waals surface area contributed by atoms with Crippen molar-refractivity contribution in [1.82, 2.24) is 20.0 Å². The zero-order valence-electron chi connectivity index (χ0n) is 14.0. The molecule has 2 aliphatic rings. The lowest BCUT2D eigenvalue weighted by atomic mass is 9.81. The predicted molar refractivity (Wildman–Crippen MR) is 86.1 cm³/mol. The molecule has 0 amide bonds. The molecule has 0 aromatic carbocycles. The van der Waals surface area contributed by atoms with Crippen LogP contribution in [0.25, 0.3) is 0 Å². The number of hydrogen-bond donors (Lipinski definition) is 1. The highest BCUT2D eigenvalue weighted by Gasteiger charge is 2.49. The van der Waals surface area contributed by atoms with Gasteiger partial charge >= 0.3 is 0 Å². The molecule has 21 heavy (non-hydrogen) atoms. The van der Waals surface area contributed by atoms with Gasteiger partial charge < -0.3 is 5.32 Å². The maximum absolute atomic E-state index is 4.60. The Morgan fingerprint density at radius 3 is 2.57 bits per heavy atom. The van der Waals surface area contributed by atoms with Gasteiger partial charge in [-0.2, -0.15) is 5.10 Å². The lowest BCUT2D eigenvalue weighted by Gasteiger charge is -2.53. The van der Waals surface area contributed by atoms with Crippen molar-refractivity contribution >= 4 is 0 Å². The summed E-state index contributed by atoms with van der Waals surface area (Å²) in [5.74, 6) is 0.871. The van der Waals surface area contributed by atoms with Crippen LogP contribution in [0.15, 0.2) is 12.3 Å². The van der Waals surface area contributed by atoms with E-state index in [9.17, 15) is 0 Å². The van der Waals surface area contributed by atoms with Crippen LogP contribution in [0.3, 0.4) is 0 Å². The van der Waals surface area contributed by atoms with Gasteiger partial charge in [-0.15, -0.1) is 0 Å². The first kappa shape index (κ1) is 15.0. The minimum absolute atomic E-state index is 0.284. The number of rotatable bonds is 5. The molecule has 1 saturated carbocycles. The summed E-state index contributed by atoms with van der Waals surface area (Å²) in [6.07, 6.45) is 7.24. The first-order valence-electron chi connectivity index (χ1n) is 8.50. The van der Waals surface area contributed by atoms with Crippen molar-refractivity contribution in [2.75, 3.05) is 13.1 Å². The Labute approximate surface area is 128 Å². The summed E-state index contributed by atoms with van der Waals surface area (Å²) in [6.45, 7) is 10.3. The van der Waals surface area contributed by atoms with E-state index in [4.69, 9.17) is 0 Å². The number of nitrogens with one attached hydrogen (secondary N) is 1. The van der Waals surface area contributed by atoms with Gasteiger partial charge in [-0.05, 0) is 44.6 Å². The molecule has 3 rings (SSSR count). The molecule has 2 fully saturated rings. The second-order valence-corrected chi connectivity index (χ2v) is 7.31. The van der Waals surface area contributed by atoms with Gasteiger partial charge in [0.05, 0.1) is 5.69 Å². The molecule has 1 saturated heterocycles. The van der Waals surface area contributed by atoms with Gasteiger partial charge in [0.1, 0.15) is 0 Å². The van der Waals surface area contributed by atoms with Gasteiger partial charge in [0.25, 0.3) is 0 Å². The molecular formula is C17H30N4. The molecule has 1 N–H and O–H groups in total. The van der Waals surface area contributed by atoms with Crippen LogP contribution in [0.1, 0.15) is 52.1 Å². The summed E-state index contributed by atoms with van der Waals surface area (Å²) in [7, 11) is 2.00. The Morgan fingerprint density at radius 2 is 2.05 bits per heavy atom. The minimum atomic E-state index is 0.284. The molecule has 1 aliphatic carbocycles. The Bertz CT molecular complexity index is 487. The third kappa shape index (κ3) is 2.76. The van der Waals surface area contributed by atoms with Crippen LogP contribution in [0.4, 0.5) is 0 Å². The second kappa shape index (κ2) is 5.40. The molecule has 118 valence electrons.